The van der Waals surface area contributed by atoms with Crippen molar-refractivity contribution in [1.82, 2.24) is 0 Å². The number of hydrogen-bond acceptors (Lipinski definition) is 4. The monoisotopic (exact) mass is 1110 g/mol. The first-order valence-electron chi connectivity index (χ1n) is 29.0. The van der Waals surface area contributed by atoms with Gasteiger partial charge in [-0.3, -0.25) is 0 Å². The second-order valence-electron chi connectivity index (χ2n) is 26.1. The highest BCUT2D eigenvalue weighted by Gasteiger charge is 2.43. The van der Waals surface area contributed by atoms with E-state index in [0.717, 1.165) is 34.1 Å². The zero-order valence-corrected chi connectivity index (χ0v) is 50.6. The van der Waals surface area contributed by atoms with Crippen LogP contribution in [0.1, 0.15) is 113 Å². The molecule has 10 aromatic rings. The molecule has 0 amide bonds. The Morgan fingerprint density at radius 1 is 0.313 bits per heavy atom. The van der Waals surface area contributed by atoms with Gasteiger partial charge in [0.15, 0.2) is 0 Å². The summed E-state index contributed by atoms with van der Waals surface area (Å²) in [6, 6.07) is 87.7. The van der Waals surface area contributed by atoms with Crippen molar-refractivity contribution < 1.29 is 0 Å². The topological polar surface area (TPSA) is 13.0 Å². The molecule has 6 heteroatoms. The van der Waals surface area contributed by atoms with Crippen LogP contribution in [0.5, 0.6) is 0 Å². The van der Waals surface area contributed by atoms with Gasteiger partial charge in [0.25, 0.3) is 6.71 Å². The molecule has 10 aromatic carbocycles. The summed E-state index contributed by atoms with van der Waals surface area (Å²) in [4.78, 5) is 9.42. The van der Waals surface area contributed by atoms with Crippen molar-refractivity contribution in [2.24, 2.45) is 0 Å². The minimum Gasteiger partial charge on any atom is -0.311 e. The van der Waals surface area contributed by atoms with Crippen LogP contribution < -0.4 is 36.0 Å². The minimum absolute atomic E-state index is 0. The van der Waals surface area contributed by atoms with E-state index in [1.54, 1.807) is 0 Å². The van der Waals surface area contributed by atoms with Gasteiger partial charge in [-0.25, -0.2) is 0 Å². The average molecular weight is 1110 g/mol. The van der Waals surface area contributed by atoms with Gasteiger partial charge in [0.2, 0.25) is 0 Å². The molecule has 0 atom stereocenters. The van der Waals surface area contributed by atoms with Crippen LogP contribution in [-0.4, -0.2) is 6.71 Å². The Hall–Kier alpha value is -8.25. The molecule has 0 saturated carbocycles. The molecule has 2 aliphatic rings. The molecule has 0 spiro atoms. The number of fused-ring (bicyclic) bond motifs is 4. The van der Waals surface area contributed by atoms with E-state index < -0.39 is 0 Å². The van der Waals surface area contributed by atoms with E-state index in [4.69, 9.17) is 11.6 Å². The van der Waals surface area contributed by atoms with Gasteiger partial charge in [0, 0.05) is 56.9 Å². The summed E-state index contributed by atoms with van der Waals surface area (Å²) in [5.74, 6) is 0. The molecule has 0 aromatic heterocycles. The number of para-hydroxylation sites is 4. The maximum Gasteiger partial charge on any atom is 0.252 e. The zero-order chi connectivity index (χ0) is 57.7. The van der Waals surface area contributed by atoms with Crippen LogP contribution in [0, 0.1) is 0 Å². The lowest BCUT2D eigenvalue weighted by molar-refractivity contribution is 0.590. The van der Waals surface area contributed by atoms with Gasteiger partial charge in [-0.1, -0.05) is 236 Å². The molecule has 0 saturated heterocycles. The number of nitrogens with zero attached hydrogens (tertiary/aromatic N) is 4. The van der Waals surface area contributed by atoms with Gasteiger partial charge in [0.1, 0.15) is 0 Å². The normalized spacial score (nSPS) is 12.7. The SMILES string of the molecule is C.CC(C)(C)c1ccc(N(c2ccc(C(C)(C)C)cc2)c2cccc(N(c3ccccc3)c3ccccc3)c2Cl)cc1.CC(C)(C)c1ccc(N2c3ccc(C(C)(C)C)cc3B3c4ccccc4N(c4ccccc4)c4cccc2c43)cc1. The third-order valence-electron chi connectivity index (χ3n) is 16.2. The van der Waals surface area contributed by atoms with Crippen molar-refractivity contribution in [1.29, 1.82) is 0 Å². The minimum atomic E-state index is 0. The standard InChI is InChI=1S/C38H37BN2.C38H39ClN2.CH4/c1-37(2,3)26-19-22-29(23-20-26)41-33-24-21-27(38(4,5)6)25-31(33)39-30-15-10-11-16-32(30)40(28-13-8-7-9-14-28)34-17-12-18-35(41)36(34)39;1-37(2,3)28-20-24-32(25-21-28)41(33-26-22-29(23-27-33)38(4,5)6)35-19-13-18-34(36(35)39)40(30-14-9-7-10-15-30)31-16-11-8-12-17-31;/h7-25H,1-6H3;7-27H,1-6H3;1H4. The molecule has 418 valence electrons. The van der Waals surface area contributed by atoms with Gasteiger partial charge in [-0.05, 0) is 169 Å². The molecular formula is C77H80BClN4. The smallest absolute Gasteiger partial charge is 0.252 e. The molecule has 12 rings (SSSR count). The fraction of sp³-hybridized carbons (Fsp3) is 0.221. The largest absolute Gasteiger partial charge is 0.311 e. The van der Waals surface area contributed by atoms with Crippen molar-refractivity contribution in [3.05, 3.63) is 270 Å². The van der Waals surface area contributed by atoms with Gasteiger partial charge >= 0.3 is 0 Å². The highest BCUT2D eigenvalue weighted by molar-refractivity contribution is 7.00. The Bertz CT molecular complexity index is 3750. The fourth-order valence-electron chi connectivity index (χ4n) is 11.7. The maximum atomic E-state index is 7.42. The predicted molar refractivity (Wildman–Crippen MR) is 363 cm³/mol. The number of rotatable bonds is 8. The first-order valence-corrected chi connectivity index (χ1v) is 29.4. The van der Waals surface area contributed by atoms with E-state index in [1.807, 2.05) is 12.1 Å². The Balaban J connectivity index is 0.000000183. The van der Waals surface area contributed by atoms with E-state index in [2.05, 4.69) is 333 Å². The molecular weight excluding hydrogens is 1030 g/mol. The maximum absolute atomic E-state index is 7.42. The number of anilines is 12. The van der Waals surface area contributed by atoms with Crippen LogP contribution in [0.25, 0.3) is 0 Å². The van der Waals surface area contributed by atoms with Gasteiger partial charge in [-0.2, -0.15) is 0 Å². The quantitative estimate of drug-likeness (QED) is 0.141. The summed E-state index contributed by atoms with van der Waals surface area (Å²) in [6.45, 7) is 27.4. The van der Waals surface area contributed by atoms with Crippen LogP contribution in [0.2, 0.25) is 5.02 Å². The summed E-state index contributed by atoms with van der Waals surface area (Å²) in [5, 5.41) is 0.681. The molecule has 0 fully saturated rings. The summed E-state index contributed by atoms with van der Waals surface area (Å²) < 4.78 is 0. The highest BCUT2D eigenvalue weighted by Crippen LogP contribution is 2.48. The first kappa shape index (κ1) is 58.0. The number of halogens is 1. The van der Waals surface area contributed by atoms with Gasteiger partial charge in [0.05, 0.1) is 16.4 Å². The molecule has 2 heterocycles. The van der Waals surface area contributed by atoms with E-state index in [-0.39, 0.29) is 35.8 Å². The number of benzene rings is 10. The lowest BCUT2D eigenvalue weighted by Gasteiger charge is -2.44. The first-order chi connectivity index (χ1) is 39.2. The fourth-order valence-corrected chi connectivity index (χ4v) is 12.0. The van der Waals surface area contributed by atoms with E-state index in [9.17, 15) is 0 Å². The van der Waals surface area contributed by atoms with Crippen molar-refractivity contribution >= 4 is 103 Å². The van der Waals surface area contributed by atoms with E-state index in [0.29, 0.717) is 5.02 Å². The molecule has 4 nitrogen and oxygen atoms in total. The number of hydrogen-bond donors (Lipinski definition) is 0. The third-order valence-corrected chi connectivity index (χ3v) is 16.6. The third kappa shape index (κ3) is 11.5. The van der Waals surface area contributed by atoms with Crippen LogP contribution in [0.3, 0.4) is 0 Å². The van der Waals surface area contributed by atoms with Crippen LogP contribution in [0.15, 0.2) is 243 Å². The van der Waals surface area contributed by atoms with Gasteiger partial charge in [-0.15, -0.1) is 0 Å². The molecule has 0 aliphatic carbocycles. The van der Waals surface area contributed by atoms with Crippen molar-refractivity contribution in [2.45, 2.75) is 112 Å². The zero-order valence-electron chi connectivity index (χ0n) is 49.8. The predicted octanol–water partition coefficient (Wildman–Crippen LogP) is 20.9. The lowest BCUT2D eigenvalue weighted by Crippen LogP contribution is -2.61. The van der Waals surface area contributed by atoms with Crippen molar-refractivity contribution in [2.75, 3.05) is 19.6 Å². The molecule has 83 heavy (non-hydrogen) atoms. The summed E-state index contributed by atoms with van der Waals surface area (Å²) in [5.41, 5.74) is 23.2. The second-order valence-corrected chi connectivity index (χ2v) is 26.5. The van der Waals surface area contributed by atoms with E-state index in [1.165, 1.54) is 72.8 Å². The highest BCUT2D eigenvalue weighted by atomic mass is 35.5. The summed E-state index contributed by atoms with van der Waals surface area (Å²) >= 11 is 7.42. The Kier molecular flexibility index (Phi) is 15.9. The Morgan fingerprint density at radius 3 is 1.10 bits per heavy atom. The molecule has 0 unspecified atom stereocenters. The van der Waals surface area contributed by atoms with Crippen LogP contribution in [0.4, 0.5) is 68.2 Å². The molecule has 0 radical (unpaired) electrons. The lowest BCUT2D eigenvalue weighted by atomic mass is 9.33. The Labute approximate surface area is 501 Å². The summed E-state index contributed by atoms with van der Waals surface area (Å²) in [6.07, 6.45) is 0. The summed E-state index contributed by atoms with van der Waals surface area (Å²) in [7, 11) is 0. The molecule has 2 aliphatic heterocycles. The average Bonchev–Trinajstić information content (AvgIpc) is 1.48. The van der Waals surface area contributed by atoms with Crippen molar-refractivity contribution in [3.8, 4) is 0 Å². The van der Waals surface area contributed by atoms with Crippen molar-refractivity contribution in [3.63, 3.8) is 0 Å². The molecule has 0 N–H and O–H groups in total. The molecule has 0 bridgehead atoms. The van der Waals surface area contributed by atoms with Crippen LogP contribution >= 0.6 is 11.6 Å². The van der Waals surface area contributed by atoms with Gasteiger partial charge < -0.3 is 19.6 Å². The van der Waals surface area contributed by atoms with Crippen LogP contribution in [-0.2, 0) is 21.7 Å². The van der Waals surface area contributed by atoms with E-state index >= 15 is 0 Å². The second kappa shape index (κ2) is 22.8. The Morgan fingerprint density at radius 2 is 0.651 bits per heavy atom.